The van der Waals surface area contributed by atoms with Crippen LogP contribution in [0.15, 0.2) is 46.9 Å². The summed E-state index contributed by atoms with van der Waals surface area (Å²) in [6.45, 7) is 2.58. The Kier molecular flexibility index (Phi) is 4.93. The number of nitrogens with zero attached hydrogens (tertiary/aromatic N) is 1. The molecule has 0 saturated carbocycles. The van der Waals surface area contributed by atoms with Gasteiger partial charge >= 0.3 is 0 Å². The number of benzene rings is 2. The van der Waals surface area contributed by atoms with Crippen molar-refractivity contribution in [2.45, 2.75) is 13.3 Å². The normalized spacial score (nSPS) is 10.7. The molecule has 6 heteroatoms. The monoisotopic (exact) mass is 390 g/mol. The number of thiazole rings is 1. The molecule has 0 aliphatic heterocycles. The quantitative estimate of drug-likeness (QED) is 0.690. The molecule has 23 heavy (non-hydrogen) atoms. The van der Waals surface area contributed by atoms with Gasteiger partial charge < -0.3 is 10.1 Å². The van der Waals surface area contributed by atoms with E-state index in [0.717, 1.165) is 26.0 Å². The summed E-state index contributed by atoms with van der Waals surface area (Å²) in [4.78, 5) is 16.6. The standard InChI is InChI=1S/C17H15BrN2O2S/c1-2-22-13-7-8-14-15(10-13)23-17(19-14)20-16(21)9-11-3-5-12(18)6-4-11/h3-8,10H,2,9H2,1H3,(H,19,20,21). The molecule has 2 aromatic carbocycles. The van der Waals surface area contributed by atoms with Crippen molar-refractivity contribution in [1.29, 1.82) is 0 Å². The average Bonchev–Trinajstić information content (AvgIpc) is 2.91. The Hall–Kier alpha value is -1.92. The van der Waals surface area contributed by atoms with Gasteiger partial charge in [0, 0.05) is 4.47 Å². The van der Waals surface area contributed by atoms with E-state index >= 15 is 0 Å². The molecular formula is C17H15BrN2O2S. The molecule has 0 aliphatic rings. The molecule has 1 heterocycles. The Morgan fingerprint density at radius 3 is 2.78 bits per heavy atom. The number of aromatic nitrogens is 1. The maximum Gasteiger partial charge on any atom is 0.230 e. The minimum Gasteiger partial charge on any atom is -0.494 e. The Morgan fingerprint density at radius 1 is 1.26 bits per heavy atom. The predicted molar refractivity (Wildman–Crippen MR) is 97.3 cm³/mol. The van der Waals surface area contributed by atoms with Gasteiger partial charge in [-0.3, -0.25) is 4.79 Å². The lowest BCUT2D eigenvalue weighted by Gasteiger charge is -2.02. The smallest absolute Gasteiger partial charge is 0.230 e. The highest BCUT2D eigenvalue weighted by Crippen LogP contribution is 2.29. The van der Waals surface area contributed by atoms with E-state index in [2.05, 4.69) is 26.2 Å². The van der Waals surface area contributed by atoms with Crippen LogP contribution in [0.2, 0.25) is 0 Å². The molecular weight excluding hydrogens is 376 g/mol. The number of ether oxygens (including phenoxy) is 1. The third-order valence-electron chi connectivity index (χ3n) is 3.20. The highest BCUT2D eigenvalue weighted by atomic mass is 79.9. The van der Waals surface area contributed by atoms with Crippen molar-refractivity contribution in [3.05, 3.63) is 52.5 Å². The Labute approximate surface area is 146 Å². The van der Waals surface area contributed by atoms with E-state index in [-0.39, 0.29) is 5.91 Å². The molecule has 118 valence electrons. The number of carbonyl (C=O) groups is 1. The number of fused-ring (bicyclic) bond motifs is 1. The summed E-state index contributed by atoms with van der Waals surface area (Å²) in [6, 6.07) is 13.4. The second-order valence-electron chi connectivity index (χ2n) is 4.93. The van der Waals surface area contributed by atoms with Crippen LogP contribution in [-0.4, -0.2) is 17.5 Å². The second-order valence-corrected chi connectivity index (χ2v) is 6.88. The fourth-order valence-electron chi connectivity index (χ4n) is 2.17. The highest BCUT2D eigenvalue weighted by Gasteiger charge is 2.09. The number of carbonyl (C=O) groups excluding carboxylic acids is 1. The number of hydrogen-bond acceptors (Lipinski definition) is 4. The van der Waals surface area contributed by atoms with E-state index < -0.39 is 0 Å². The minimum atomic E-state index is -0.0728. The third-order valence-corrected chi connectivity index (χ3v) is 4.66. The van der Waals surface area contributed by atoms with Crippen LogP contribution in [0.4, 0.5) is 5.13 Å². The fraction of sp³-hybridized carbons (Fsp3) is 0.176. The van der Waals surface area contributed by atoms with Crippen molar-refractivity contribution in [1.82, 2.24) is 4.98 Å². The van der Waals surface area contributed by atoms with Crippen molar-refractivity contribution in [3.63, 3.8) is 0 Å². The van der Waals surface area contributed by atoms with Gasteiger partial charge in [-0.2, -0.15) is 0 Å². The first-order valence-electron chi connectivity index (χ1n) is 7.21. The van der Waals surface area contributed by atoms with Crippen LogP contribution in [0.25, 0.3) is 10.2 Å². The van der Waals surface area contributed by atoms with Crippen LogP contribution >= 0.6 is 27.3 Å². The molecule has 4 nitrogen and oxygen atoms in total. The van der Waals surface area contributed by atoms with E-state index in [1.54, 1.807) is 0 Å². The maximum absolute atomic E-state index is 12.1. The molecule has 3 aromatic rings. The van der Waals surface area contributed by atoms with Crippen LogP contribution in [0.1, 0.15) is 12.5 Å². The summed E-state index contributed by atoms with van der Waals surface area (Å²) in [5.74, 6) is 0.743. The maximum atomic E-state index is 12.1. The van der Waals surface area contributed by atoms with Crippen molar-refractivity contribution < 1.29 is 9.53 Å². The number of hydrogen-bond donors (Lipinski definition) is 1. The van der Waals surface area contributed by atoms with Gasteiger partial charge in [-0.05, 0) is 42.8 Å². The molecule has 1 amide bonds. The Balaban J connectivity index is 1.70. The van der Waals surface area contributed by atoms with Gasteiger partial charge in [-0.25, -0.2) is 4.98 Å². The molecule has 0 fully saturated rings. The van der Waals surface area contributed by atoms with E-state index in [9.17, 15) is 4.79 Å². The van der Waals surface area contributed by atoms with E-state index in [1.807, 2.05) is 49.4 Å². The van der Waals surface area contributed by atoms with Crippen molar-refractivity contribution in [2.24, 2.45) is 0 Å². The number of anilines is 1. The summed E-state index contributed by atoms with van der Waals surface area (Å²) in [6.07, 6.45) is 0.327. The number of halogens is 1. The third kappa shape index (κ3) is 4.09. The molecule has 0 radical (unpaired) electrons. The summed E-state index contributed by atoms with van der Waals surface area (Å²) in [5, 5.41) is 3.47. The number of amides is 1. The molecule has 1 aromatic heterocycles. The van der Waals surface area contributed by atoms with Gasteiger partial charge in [0.25, 0.3) is 0 Å². The molecule has 0 unspecified atom stereocenters. The first kappa shape index (κ1) is 16.0. The molecule has 0 aliphatic carbocycles. The van der Waals surface area contributed by atoms with Gasteiger partial charge in [0.2, 0.25) is 5.91 Å². The van der Waals surface area contributed by atoms with Crippen LogP contribution in [-0.2, 0) is 11.2 Å². The summed E-state index contributed by atoms with van der Waals surface area (Å²) < 4.78 is 7.47. The summed E-state index contributed by atoms with van der Waals surface area (Å²) in [5.41, 5.74) is 1.82. The number of nitrogens with one attached hydrogen (secondary N) is 1. The van der Waals surface area contributed by atoms with Crippen LogP contribution in [0.3, 0.4) is 0 Å². The molecule has 0 spiro atoms. The lowest BCUT2D eigenvalue weighted by molar-refractivity contribution is -0.115. The van der Waals surface area contributed by atoms with E-state index in [1.165, 1.54) is 11.3 Å². The van der Waals surface area contributed by atoms with Gasteiger partial charge in [-0.15, -0.1) is 0 Å². The second kappa shape index (κ2) is 7.10. The van der Waals surface area contributed by atoms with Crippen molar-refractivity contribution in [3.8, 4) is 5.75 Å². The zero-order valence-corrected chi connectivity index (χ0v) is 14.9. The van der Waals surface area contributed by atoms with E-state index in [4.69, 9.17) is 4.74 Å². The molecule has 0 bridgehead atoms. The largest absolute Gasteiger partial charge is 0.494 e. The molecule has 0 atom stereocenters. The van der Waals surface area contributed by atoms with Gasteiger partial charge in [0.1, 0.15) is 5.75 Å². The molecule has 1 N–H and O–H groups in total. The van der Waals surface area contributed by atoms with Crippen LogP contribution in [0, 0.1) is 0 Å². The first-order chi connectivity index (χ1) is 11.1. The zero-order chi connectivity index (χ0) is 16.2. The van der Waals surface area contributed by atoms with Crippen molar-refractivity contribution in [2.75, 3.05) is 11.9 Å². The van der Waals surface area contributed by atoms with Crippen molar-refractivity contribution >= 4 is 48.5 Å². The SMILES string of the molecule is CCOc1ccc2nc(NC(=O)Cc3ccc(Br)cc3)sc2c1. The number of rotatable bonds is 5. The zero-order valence-electron chi connectivity index (χ0n) is 12.5. The molecule has 0 saturated heterocycles. The topological polar surface area (TPSA) is 51.2 Å². The Morgan fingerprint density at radius 2 is 2.04 bits per heavy atom. The predicted octanol–water partition coefficient (Wildman–Crippen LogP) is 4.64. The highest BCUT2D eigenvalue weighted by molar-refractivity contribution is 9.10. The first-order valence-corrected chi connectivity index (χ1v) is 8.82. The van der Waals surface area contributed by atoms with E-state index in [0.29, 0.717) is 18.2 Å². The van der Waals surface area contributed by atoms with Gasteiger partial charge in [0.05, 0.1) is 23.2 Å². The lowest BCUT2D eigenvalue weighted by atomic mass is 10.1. The van der Waals surface area contributed by atoms with Gasteiger partial charge in [0.15, 0.2) is 5.13 Å². The fourth-order valence-corrected chi connectivity index (χ4v) is 3.34. The lowest BCUT2D eigenvalue weighted by Crippen LogP contribution is -2.14. The van der Waals surface area contributed by atoms with Crippen LogP contribution in [0.5, 0.6) is 5.75 Å². The average molecular weight is 391 g/mol. The van der Waals surface area contributed by atoms with Crippen LogP contribution < -0.4 is 10.1 Å². The summed E-state index contributed by atoms with van der Waals surface area (Å²) in [7, 11) is 0. The van der Waals surface area contributed by atoms with Gasteiger partial charge in [-0.1, -0.05) is 39.4 Å². The molecule has 3 rings (SSSR count). The minimum absolute atomic E-state index is 0.0728. The summed E-state index contributed by atoms with van der Waals surface area (Å²) >= 11 is 4.83. The Bertz CT molecular complexity index is 830.